The Morgan fingerprint density at radius 2 is 2.29 bits per heavy atom. The summed E-state index contributed by atoms with van der Waals surface area (Å²) >= 11 is 1.68. The van der Waals surface area contributed by atoms with Crippen LogP contribution in [0.1, 0.15) is 18.9 Å². The molecular formula is C12H17N3OS. The van der Waals surface area contributed by atoms with Gasteiger partial charge in [-0.15, -0.1) is 11.3 Å². The van der Waals surface area contributed by atoms with Gasteiger partial charge >= 0.3 is 0 Å². The molecule has 0 aliphatic heterocycles. The van der Waals surface area contributed by atoms with E-state index in [0.717, 1.165) is 22.5 Å². The summed E-state index contributed by atoms with van der Waals surface area (Å²) < 4.78 is 6.31. The van der Waals surface area contributed by atoms with Crippen molar-refractivity contribution in [3.63, 3.8) is 0 Å². The molecule has 4 nitrogen and oxygen atoms in total. The van der Waals surface area contributed by atoms with Crippen molar-refractivity contribution in [3.8, 4) is 0 Å². The number of nitrogens with one attached hydrogen (secondary N) is 1. The van der Waals surface area contributed by atoms with Crippen molar-refractivity contribution in [2.45, 2.75) is 26.3 Å². The zero-order valence-corrected chi connectivity index (χ0v) is 11.2. The standard InChI is InChI=1S/C12H17N3OS/c1-4-9(5-16-3)15-12-11-10(13-7-14-12)8(2)6-17-11/h6-7,9H,4-5H2,1-3H3,(H,13,14,15). The number of anilines is 1. The Balaban J connectivity index is 2.29. The number of ether oxygens (including phenoxy) is 1. The first-order chi connectivity index (χ1) is 8.26. The molecule has 5 heteroatoms. The molecule has 0 bridgehead atoms. The van der Waals surface area contributed by atoms with E-state index in [1.165, 1.54) is 5.56 Å². The quantitative estimate of drug-likeness (QED) is 0.887. The van der Waals surface area contributed by atoms with E-state index in [1.54, 1.807) is 24.8 Å². The summed E-state index contributed by atoms with van der Waals surface area (Å²) in [6.07, 6.45) is 2.62. The van der Waals surface area contributed by atoms with Crippen molar-refractivity contribution in [1.29, 1.82) is 0 Å². The molecule has 0 radical (unpaired) electrons. The van der Waals surface area contributed by atoms with Crippen molar-refractivity contribution in [2.75, 3.05) is 19.0 Å². The van der Waals surface area contributed by atoms with Crippen LogP contribution in [0.2, 0.25) is 0 Å². The number of hydrogen-bond donors (Lipinski definition) is 1. The zero-order chi connectivity index (χ0) is 12.3. The predicted molar refractivity (Wildman–Crippen MR) is 71.7 cm³/mol. The molecular weight excluding hydrogens is 234 g/mol. The first-order valence-electron chi connectivity index (χ1n) is 5.70. The van der Waals surface area contributed by atoms with Crippen LogP contribution in [-0.2, 0) is 4.74 Å². The Morgan fingerprint density at radius 1 is 1.47 bits per heavy atom. The van der Waals surface area contributed by atoms with Gasteiger partial charge in [-0.3, -0.25) is 0 Å². The minimum Gasteiger partial charge on any atom is -0.383 e. The average molecular weight is 251 g/mol. The largest absolute Gasteiger partial charge is 0.383 e. The SMILES string of the molecule is CCC(COC)Nc1ncnc2c(C)csc12. The molecule has 1 atom stereocenters. The number of methoxy groups -OCH3 is 1. The minimum absolute atomic E-state index is 0.292. The lowest BCUT2D eigenvalue weighted by molar-refractivity contribution is 0.184. The van der Waals surface area contributed by atoms with Crippen molar-refractivity contribution in [1.82, 2.24) is 9.97 Å². The van der Waals surface area contributed by atoms with Crippen molar-refractivity contribution in [2.24, 2.45) is 0 Å². The fraction of sp³-hybridized carbons (Fsp3) is 0.500. The second kappa shape index (κ2) is 5.42. The molecule has 2 aromatic heterocycles. The number of rotatable bonds is 5. The van der Waals surface area contributed by atoms with Gasteiger partial charge in [-0.25, -0.2) is 9.97 Å². The van der Waals surface area contributed by atoms with E-state index in [2.05, 4.69) is 34.5 Å². The fourth-order valence-corrected chi connectivity index (χ4v) is 2.68. The van der Waals surface area contributed by atoms with Crippen molar-refractivity contribution in [3.05, 3.63) is 17.3 Å². The van der Waals surface area contributed by atoms with Gasteiger partial charge < -0.3 is 10.1 Å². The molecule has 0 aliphatic carbocycles. The average Bonchev–Trinajstić information content (AvgIpc) is 2.72. The molecule has 0 fully saturated rings. The van der Waals surface area contributed by atoms with E-state index in [-0.39, 0.29) is 0 Å². The summed E-state index contributed by atoms with van der Waals surface area (Å²) in [5, 5.41) is 5.53. The highest BCUT2D eigenvalue weighted by Crippen LogP contribution is 2.28. The molecule has 1 N–H and O–H groups in total. The summed E-state index contributed by atoms with van der Waals surface area (Å²) in [6, 6.07) is 0.292. The van der Waals surface area contributed by atoms with Gasteiger partial charge in [-0.1, -0.05) is 6.92 Å². The molecule has 0 aliphatic rings. The highest BCUT2D eigenvalue weighted by molar-refractivity contribution is 7.18. The van der Waals surface area contributed by atoms with Gasteiger partial charge in [0.25, 0.3) is 0 Å². The molecule has 2 rings (SSSR count). The summed E-state index contributed by atoms with van der Waals surface area (Å²) in [6.45, 7) is 4.89. The molecule has 92 valence electrons. The smallest absolute Gasteiger partial charge is 0.147 e. The van der Waals surface area contributed by atoms with Gasteiger partial charge in [0.05, 0.1) is 22.9 Å². The maximum Gasteiger partial charge on any atom is 0.147 e. The first-order valence-corrected chi connectivity index (χ1v) is 6.58. The van der Waals surface area contributed by atoms with Gasteiger partial charge in [0.15, 0.2) is 0 Å². The van der Waals surface area contributed by atoms with Crippen molar-refractivity contribution < 1.29 is 4.74 Å². The second-order valence-electron chi connectivity index (χ2n) is 4.02. The van der Waals surface area contributed by atoms with E-state index in [4.69, 9.17) is 4.74 Å². The minimum atomic E-state index is 0.292. The van der Waals surface area contributed by atoms with Crippen LogP contribution in [0.15, 0.2) is 11.7 Å². The third-order valence-corrected chi connectivity index (χ3v) is 3.83. The third kappa shape index (κ3) is 2.56. The molecule has 0 aromatic carbocycles. The molecule has 0 saturated carbocycles. The molecule has 0 saturated heterocycles. The van der Waals surface area contributed by atoms with E-state index in [1.807, 2.05) is 0 Å². The molecule has 17 heavy (non-hydrogen) atoms. The highest BCUT2D eigenvalue weighted by Gasteiger charge is 2.11. The Hall–Kier alpha value is -1.20. The zero-order valence-electron chi connectivity index (χ0n) is 10.4. The van der Waals surface area contributed by atoms with Crippen LogP contribution in [0.3, 0.4) is 0 Å². The van der Waals surface area contributed by atoms with Crippen LogP contribution < -0.4 is 5.32 Å². The van der Waals surface area contributed by atoms with E-state index < -0.39 is 0 Å². The van der Waals surface area contributed by atoms with Gasteiger partial charge in [0, 0.05) is 7.11 Å². The number of aromatic nitrogens is 2. The van der Waals surface area contributed by atoms with Crippen LogP contribution >= 0.6 is 11.3 Å². The van der Waals surface area contributed by atoms with Crippen LogP contribution in [-0.4, -0.2) is 29.7 Å². The van der Waals surface area contributed by atoms with Crippen LogP contribution in [0.25, 0.3) is 10.2 Å². The van der Waals surface area contributed by atoms with Gasteiger partial charge in [0.1, 0.15) is 12.1 Å². The lowest BCUT2D eigenvalue weighted by atomic mass is 10.2. The number of thiophene rings is 1. The maximum atomic E-state index is 5.18. The van der Waals surface area contributed by atoms with Gasteiger partial charge in [-0.2, -0.15) is 0 Å². The molecule has 1 unspecified atom stereocenters. The molecule has 2 aromatic rings. The molecule has 0 spiro atoms. The summed E-state index contributed by atoms with van der Waals surface area (Å²) in [4.78, 5) is 8.63. The summed E-state index contributed by atoms with van der Waals surface area (Å²) in [7, 11) is 1.72. The van der Waals surface area contributed by atoms with E-state index >= 15 is 0 Å². The Morgan fingerprint density at radius 3 is 3.00 bits per heavy atom. The van der Waals surface area contributed by atoms with Crippen LogP contribution in [0.5, 0.6) is 0 Å². The number of fused-ring (bicyclic) bond motifs is 1. The monoisotopic (exact) mass is 251 g/mol. The normalized spacial score (nSPS) is 12.9. The second-order valence-corrected chi connectivity index (χ2v) is 4.90. The first kappa shape index (κ1) is 12.3. The van der Waals surface area contributed by atoms with Crippen LogP contribution in [0.4, 0.5) is 5.82 Å². The summed E-state index contributed by atoms with van der Waals surface area (Å²) in [5.74, 6) is 0.914. The molecule has 2 heterocycles. The summed E-state index contributed by atoms with van der Waals surface area (Å²) in [5.41, 5.74) is 2.25. The Bertz CT molecular complexity index is 497. The Kier molecular flexibility index (Phi) is 3.91. The van der Waals surface area contributed by atoms with E-state index in [0.29, 0.717) is 12.6 Å². The topological polar surface area (TPSA) is 47.0 Å². The number of nitrogens with zero attached hydrogens (tertiary/aromatic N) is 2. The van der Waals surface area contributed by atoms with E-state index in [9.17, 15) is 0 Å². The highest BCUT2D eigenvalue weighted by atomic mass is 32.1. The maximum absolute atomic E-state index is 5.18. The Labute approximate surface area is 105 Å². The lowest BCUT2D eigenvalue weighted by Crippen LogP contribution is -2.24. The van der Waals surface area contributed by atoms with Gasteiger partial charge in [0.2, 0.25) is 0 Å². The van der Waals surface area contributed by atoms with Gasteiger partial charge in [-0.05, 0) is 24.3 Å². The van der Waals surface area contributed by atoms with Crippen LogP contribution in [0, 0.1) is 6.92 Å². The fourth-order valence-electron chi connectivity index (χ4n) is 1.73. The third-order valence-electron chi connectivity index (χ3n) is 2.73. The number of hydrogen-bond acceptors (Lipinski definition) is 5. The lowest BCUT2D eigenvalue weighted by Gasteiger charge is -2.16. The number of aryl methyl sites for hydroxylation is 1. The molecule has 0 amide bonds. The predicted octanol–water partition coefficient (Wildman–Crippen LogP) is 2.84. The van der Waals surface area contributed by atoms with Crippen molar-refractivity contribution >= 4 is 27.4 Å².